The number of ether oxygens (including phenoxy) is 1. The minimum atomic E-state index is -0.771. The molecule has 0 radical (unpaired) electrons. The second kappa shape index (κ2) is 6.47. The molecule has 5 heteroatoms. The number of thioether (sulfide) groups is 1. The Bertz CT molecular complexity index is 235. The highest BCUT2D eigenvalue weighted by atomic mass is 32.2. The summed E-state index contributed by atoms with van der Waals surface area (Å²) >= 11 is 1.70. The first-order chi connectivity index (χ1) is 7.50. The van der Waals surface area contributed by atoms with Gasteiger partial charge in [-0.05, 0) is 13.3 Å². The van der Waals surface area contributed by atoms with Crippen molar-refractivity contribution in [3.63, 3.8) is 0 Å². The molecular weight excluding hydrogens is 226 g/mol. The van der Waals surface area contributed by atoms with Crippen LogP contribution < -0.4 is 5.32 Å². The van der Waals surface area contributed by atoms with Gasteiger partial charge in [-0.15, -0.1) is 0 Å². The highest BCUT2D eigenvalue weighted by Gasteiger charge is 2.27. The summed E-state index contributed by atoms with van der Waals surface area (Å²) in [5.74, 6) is -0.168. The summed E-state index contributed by atoms with van der Waals surface area (Å²) in [7, 11) is 0. The summed E-state index contributed by atoms with van der Waals surface area (Å²) in [4.78, 5) is 11.0. The molecule has 0 saturated carbocycles. The topological polar surface area (TPSA) is 58.6 Å². The molecule has 0 amide bonds. The van der Waals surface area contributed by atoms with Crippen molar-refractivity contribution in [2.45, 2.75) is 50.6 Å². The third-order valence-corrected chi connectivity index (χ3v) is 4.19. The molecule has 0 aromatic heterocycles. The average Bonchev–Trinajstić information content (AvgIpc) is 2.57. The monoisotopic (exact) mass is 247 g/mol. The van der Waals surface area contributed by atoms with Crippen molar-refractivity contribution in [2.24, 2.45) is 0 Å². The van der Waals surface area contributed by atoms with Crippen LogP contribution in [0.15, 0.2) is 0 Å². The quantitative estimate of drug-likeness (QED) is 0.742. The van der Waals surface area contributed by atoms with E-state index in [9.17, 15) is 4.79 Å². The van der Waals surface area contributed by atoms with Gasteiger partial charge in [-0.2, -0.15) is 11.8 Å². The van der Waals surface area contributed by atoms with Crippen LogP contribution in [-0.4, -0.2) is 46.9 Å². The smallest absolute Gasteiger partial charge is 0.321 e. The normalized spacial score (nSPS) is 27.2. The average molecular weight is 247 g/mol. The summed E-state index contributed by atoms with van der Waals surface area (Å²) in [6.07, 6.45) is 1.28. The van der Waals surface area contributed by atoms with Crippen LogP contribution in [0.2, 0.25) is 0 Å². The van der Waals surface area contributed by atoms with Crippen LogP contribution in [0, 0.1) is 0 Å². The van der Waals surface area contributed by atoms with Crippen LogP contribution in [0.1, 0.15) is 27.2 Å². The Balaban J connectivity index is 2.34. The van der Waals surface area contributed by atoms with Gasteiger partial charge < -0.3 is 15.2 Å². The van der Waals surface area contributed by atoms with Gasteiger partial charge in [-0.1, -0.05) is 13.8 Å². The highest BCUT2D eigenvalue weighted by molar-refractivity contribution is 8.00. The first kappa shape index (κ1) is 13.8. The molecule has 2 N–H and O–H groups in total. The van der Waals surface area contributed by atoms with Gasteiger partial charge in [0.2, 0.25) is 0 Å². The van der Waals surface area contributed by atoms with E-state index in [2.05, 4.69) is 12.2 Å². The Morgan fingerprint density at radius 1 is 1.62 bits per heavy atom. The van der Waals surface area contributed by atoms with Gasteiger partial charge in [0.1, 0.15) is 6.04 Å². The van der Waals surface area contributed by atoms with Crippen molar-refractivity contribution in [1.82, 2.24) is 5.32 Å². The van der Waals surface area contributed by atoms with E-state index in [0.717, 1.165) is 13.0 Å². The first-order valence-corrected chi connectivity index (χ1v) is 6.77. The Hall–Kier alpha value is -0.260. The molecule has 4 nitrogen and oxygen atoms in total. The van der Waals surface area contributed by atoms with Crippen LogP contribution in [0.4, 0.5) is 0 Å². The molecular formula is C11H21NO3S. The van der Waals surface area contributed by atoms with Crippen LogP contribution in [0.25, 0.3) is 0 Å². The lowest BCUT2D eigenvalue weighted by Crippen LogP contribution is -2.43. The van der Waals surface area contributed by atoms with Gasteiger partial charge in [-0.25, -0.2) is 0 Å². The molecule has 0 bridgehead atoms. The van der Waals surface area contributed by atoms with Gasteiger partial charge in [0, 0.05) is 23.7 Å². The summed E-state index contributed by atoms with van der Waals surface area (Å²) in [5, 5.41) is 12.6. The fourth-order valence-electron chi connectivity index (χ4n) is 1.74. The van der Waals surface area contributed by atoms with Gasteiger partial charge in [0.15, 0.2) is 0 Å². The van der Waals surface area contributed by atoms with E-state index < -0.39 is 12.0 Å². The number of aliphatic carboxylic acids is 1. The molecule has 1 aliphatic heterocycles. The second-order valence-corrected chi connectivity index (χ2v) is 5.72. The molecule has 94 valence electrons. The standard InChI is InChI=1S/C11H21NO3S/c1-7(2)12-9(11(13)14)6-16-10-4-5-15-8(10)3/h7-10,12H,4-6H2,1-3H3,(H,13,14). The number of carbonyl (C=O) groups is 1. The van der Waals surface area contributed by atoms with Gasteiger partial charge in [0.25, 0.3) is 0 Å². The Morgan fingerprint density at radius 3 is 2.75 bits per heavy atom. The summed E-state index contributed by atoms with van der Waals surface area (Å²) < 4.78 is 5.45. The predicted molar refractivity (Wildman–Crippen MR) is 66.0 cm³/mol. The van der Waals surface area contributed by atoms with Crippen molar-refractivity contribution in [1.29, 1.82) is 0 Å². The third-order valence-electron chi connectivity index (χ3n) is 2.62. The molecule has 0 aromatic rings. The Labute approximate surface area is 101 Å². The summed E-state index contributed by atoms with van der Waals surface area (Å²) in [6, 6.07) is -0.267. The van der Waals surface area contributed by atoms with Crippen LogP contribution in [-0.2, 0) is 9.53 Å². The minimum Gasteiger partial charge on any atom is -0.480 e. The molecule has 1 rings (SSSR count). The number of nitrogens with one attached hydrogen (secondary N) is 1. The Morgan fingerprint density at radius 2 is 2.31 bits per heavy atom. The lowest BCUT2D eigenvalue weighted by Gasteiger charge is -2.20. The van der Waals surface area contributed by atoms with E-state index in [1.54, 1.807) is 11.8 Å². The maximum Gasteiger partial charge on any atom is 0.321 e. The molecule has 0 aromatic carbocycles. The predicted octanol–water partition coefficient (Wildman–Crippen LogP) is 1.35. The van der Waals surface area contributed by atoms with Gasteiger partial charge >= 0.3 is 5.97 Å². The lowest BCUT2D eigenvalue weighted by molar-refractivity contribution is -0.139. The number of carboxylic acids is 1. The minimum absolute atomic E-state index is 0.193. The van der Waals surface area contributed by atoms with Crippen molar-refractivity contribution in [2.75, 3.05) is 12.4 Å². The molecule has 1 aliphatic rings. The number of hydrogen-bond acceptors (Lipinski definition) is 4. The van der Waals surface area contributed by atoms with E-state index in [-0.39, 0.29) is 12.1 Å². The lowest BCUT2D eigenvalue weighted by atomic mass is 10.2. The molecule has 1 saturated heterocycles. The van der Waals surface area contributed by atoms with E-state index >= 15 is 0 Å². The van der Waals surface area contributed by atoms with Crippen molar-refractivity contribution < 1.29 is 14.6 Å². The third kappa shape index (κ3) is 4.31. The summed E-state index contributed by atoms with van der Waals surface area (Å²) in [6.45, 7) is 6.77. The maximum atomic E-state index is 11.0. The number of carboxylic acid groups (broad SMARTS) is 1. The number of hydrogen-bond donors (Lipinski definition) is 2. The van der Waals surface area contributed by atoms with Crippen molar-refractivity contribution >= 4 is 17.7 Å². The van der Waals surface area contributed by atoms with Crippen LogP contribution >= 0.6 is 11.8 Å². The molecule has 0 spiro atoms. The zero-order chi connectivity index (χ0) is 12.1. The summed E-state index contributed by atoms with van der Waals surface area (Å²) in [5.41, 5.74) is 0. The number of rotatable bonds is 6. The maximum absolute atomic E-state index is 11.0. The van der Waals surface area contributed by atoms with E-state index in [4.69, 9.17) is 9.84 Å². The van der Waals surface area contributed by atoms with E-state index in [1.165, 1.54) is 0 Å². The van der Waals surface area contributed by atoms with E-state index in [1.807, 2.05) is 13.8 Å². The molecule has 0 aliphatic carbocycles. The highest BCUT2D eigenvalue weighted by Crippen LogP contribution is 2.26. The SMILES string of the molecule is CC(C)NC(CSC1CCOC1C)C(=O)O. The zero-order valence-electron chi connectivity index (χ0n) is 10.1. The molecule has 1 fully saturated rings. The fraction of sp³-hybridized carbons (Fsp3) is 0.909. The van der Waals surface area contributed by atoms with Crippen LogP contribution in [0.5, 0.6) is 0 Å². The first-order valence-electron chi connectivity index (χ1n) is 5.72. The molecule has 1 heterocycles. The largest absolute Gasteiger partial charge is 0.480 e. The molecule has 16 heavy (non-hydrogen) atoms. The Kier molecular flexibility index (Phi) is 5.58. The molecule has 3 unspecified atom stereocenters. The van der Waals surface area contributed by atoms with Crippen LogP contribution in [0.3, 0.4) is 0 Å². The van der Waals surface area contributed by atoms with E-state index in [0.29, 0.717) is 11.0 Å². The molecule has 3 atom stereocenters. The van der Waals surface area contributed by atoms with Crippen molar-refractivity contribution in [3.05, 3.63) is 0 Å². The van der Waals surface area contributed by atoms with Gasteiger partial charge in [-0.3, -0.25) is 4.79 Å². The fourth-order valence-corrected chi connectivity index (χ4v) is 3.03. The van der Waals surface area contributed by atoms with Gasteiger partial charge in [0.05, 0.1) is 6.10 Å². The zero-order valence-corrected chi connectivity index (χ0v) is 10.9. The second-order valence-electron chi connectivity index (χ2n) is 4.45. The van der Waals surface area contributed by atoms with Crippen molar-refractivity contribution in [3.8, 4) is 0 Å².